The van der Waals surface area contributed by atoms with Crippen LogP contribution < -0.4 is 10.0 Å². The first kappa shape index (κ1) is 16.2. The summed E-state index contributed by atoms with van der Waals surface area (Å²) in [6.07, 6.45) is 2.30. The van der Waals surface area contributed by atoms with E-state index in [2.05, 4.69) is 5.32 Å². The van der Waals surface area contributed by atoms with Crippen LogP contribution in [0.5, 0.6) is 0 Å². The number of carboxylic acid groups (broad SMARTS) is 1. The zero-order valence-corrected chi connectivity index (χ0v) is 12.5. The van der Waals surface area contributed by atoms with Crippen LogP contribution in [0.2, 0.25) is 0 Å². The van der Waals surface area contributed by atoms with Crippen molar-refractivity contribution in [3.8, 4) is 0 Å². The molecule has 120 valence electrons. The number of amides is 1. The number of anilines is 1. The number of carbonyl (C=O) groups is 2. The molecule has 1 amide bonds. The fourth-order valence-electron chi connectivity index (χ4n) is 1.98. The average Bonchev–Trinajstić information content (AvgIpc) is 3.20. The SMILES string of the molecule is CS(=O)(=O)Nc1cc(C(=O)NC(C(=O)O)C2CC2)ccc1F. The van der Waals surface area contributed by atoms with E-state index in [0.717, 1.165) is 37.3 Å². The second-order valence-corrected chi connectivity index (χ2v) is 6.94. The maximum Gasteiger partial charge on any atom is 0.326 e. The fourth-order valence-corrected chi connectivity index (χ4v) is 2.54. The predicted molar refractivity (Wildman–Crippen MR) is 76.5 cm³/mol. The molecule has 0 radical (unpaired) electrons. The van der Waals surface area contributed by atoms with Crippen LogP contribution in [-0.4, -0.2) is 37.7 Å². The number of carbonyl (C=O) groups excluding carboxylic acids is 1. The van der Waals surface area contributed by atoms with E-state index in [0.29, 0.717) is 0 Å². The van der Waals surface area contributed by atoms with Crippen molar-refractivity contribution in [2.24, 2.45) is 5.92 Å². The van der Waals surface area contributed by atoms with E-state index in [4.69, 9.17) is 5.11 Å². The topological polar surface area (TPSA) is 113 Å². The van der Waals surface area contributed by atoms with Crippen molar-refractivity contribution >= 4 is 27.6 Å². The van der Waals surface area contributed by atoms with Gasteiger partial charge >= 0.3 is 5.97 Å². The quantitative estimate of drug-likeness (QED) is 0.714. The molecule has 7 nitrogen and oxygen atoms in total. The van der Waals surface area contributed by atoms with Crippen molar-refractivity contribution < 1.29 is 27.5 Å². The molecule has 0 aliphatic heterocycles. The smallest absolute Gasteiger partial charge is 0.326 e. The van der Waals surface area contributed by atoms with Gasteiger partial charge in [-0.15, -0.1) is 0 Å². The first-order valence-corrected chi connectivity index (χ1v) is 8.37. The van der Waals surface area contributed by atoms with Crippen molar-refractivity contribution in [3.63, 3.8) is 0 Å². The minimum absolute atomic E-state index is 0.0283. The van der Waals surface area contributed by atoms with Gasteiger partial charge in [0.15, 0.2) is 0 Å². The first-order valence-electron chi connectivity index (χ1n) is 6.48. The number of aliphatic carboxylic acids is 1. The molecule has 1 saturated carbocycles. The molecular weight excluding hydrogens is 315 g/mol. The lowest BCUT2D eigenvalue weighted by molar-refractivity contribution is -0.139. The fraction of sp³-hybridized carbons (Fsp3) is 0.385. The van der Waals surface area contributed by atoms with Crippen LogP contribution in [0.25, 0.3) is 0 Å². The third kappa shape index (κ3) is 4.17. The van der Waals surface area contributed by atoms with Gasteiger partial charge in [0.1, 0.15) is 11.9 Å². The number of benzene rings is 1. The number of nitrogens with one attached hydrogen (secondary N) is 2. The Labute approximate surface area is 126 Å². The summed E-state index contributed by atoms with van der Waals surface area (Å²) in [5.41, 5.74) is -0.395. The van der Waals surface area contributed by atoms with Crippen LogP contribution in [0.4, 0.5) is 10.1 Å². The van der Waals surface area contributed by atoms with Crippen molar-refractivity contribution in [2.75, 3.05) is 11.0 Å². The third-order valence-corrected chi connectivity index (χ3v) is 3.76. The average molecular weight is 330 g/mol. The van der Waals surface area contributed by atoms with Crippen LogP contribution in [-0.2, 0) is 14.8 Å². The Hall–Kier alpha value is -2.16. The second kappa shape index (κ2) is 5.91. The number of rotatable bonds is 6. The maximum absolute atomic E-state index is 13.5. The van der Waals surface area contributed by atoms with Gasteiger partial charge in [-0.2, -0.15) is 0 Å². The molecule has 0 saturated heterocycles. The van der Waals surface area contributed by atoms with Gasteiger partial charge in [0.25, 0.3) is 5.91 Å². The van der Waals surface area contributed by atoms with Gasteiger partial charge in [-0.05, 0) is 37.0 Å². The Morgan fingerprint density at radius 1 is 1.36 bits per heavy atom. The molecule has 9 heteroatoms. The summed E-state index contributed by atoms with van der Waals surface area (Å²) in [5, 5.41) is 11.4. The van der Waals surface area contributed by atoms with Crippen LogP contribution in [0, 0.1) is 11.7 Å². The van der Waals surface area contributed by atoms with Crippen LogP contribution >= 0.6 is 0 Å². The molecule has 1 unspecified atom stereocenters. The van der Waals surface area contributed by atoms with Gasteiger partial charge in [-0.1, -0.05) is 0 Å². The summed E-state index contributed by atoms with van der Waals surface area (Å²) in [5.74, 6) is -2.77. The molecule has 1 fully saturated rings. The molecule has 1 aliphatic carbocycles. The standard InChI is InChI=1S/C13H15FN2O5S/c1-22(20,21)16-10-6-8(4-5-9(10)14)12(17)15-11(13(18)19)7-2-3-7/h4-7,11,16H,2-3H2,1H3,(H,15,17)(H,18,19). The molecule has 0 heterocycles. The zero-order chi connectivity index (χ0) is 16.5. The van der Waals surface area contributed by atoms with Crippen molar-refractivity contribution in [1.82, 2.24) is 5.32 Å². The van der Waals surface area contributed by atoms with Gasteiger partial charge in [-0.25, -0.2) is 17.6 Å². The zero-order valence-electron chi connectivity index (χ0n) is 11.7. The van der Waals surface area contributed by atoms with Crippen molar-refractivity contribution in [1.29, 1.82) is 0 Å². The lowest BCUT2D eigenvalue weighted by atomic mass is 10.1. The monoisotopic (exact) mass is 330 g/mol. The van der Waals surface area contributed by atoms with E-state index < -0.39 is 33.8 Å². The molecule has 1 aromatic carbocycles. The lowest BCUT2D eigenvalue weighted by Crippen LogP contribution is -2.42. The summed E-state index contributed by atoms with van der Waals surface area (Å²) in [6, 6.07) is 2.13. The molecule has 3 N–H and O–H groups in total. The number of halogens is 1. The molecule has 0 aromatic heterocycles. The number of hydrogen-bond donors (Lipinski definition) is 3. The van der Waals surface area contributed by atoms with E-state index in [1.165, 1.54) is 0 Å². The third-order valence-electron chi connectivity index (χ3n) is 3.17. The minimum Gasteiger partial charge on any atom is -0.480 e. The Morgan fingerprint density at radius 2 is 2.00 bits per heavy atom. The van der Waals surface area contributed by atoms with Crippen molar-refractivity contribution in [2.45, 2.75) is 18.9 Å². The molecule has 22 heavy (non-hydrogen) atoms. The second-order valence-electron chi connectivity index (χ2n) is 5.20. The van der Waals surface area contributed by atoms with Gasteiger partial charge < -0.3 is 10.4 Å². The highest BCUT2D eigenvalue weighted by atomic mass is 32.2. The predicted octanol–water partition coefficient (Wildman–Crippen LogP) is 0.790. The number of sulfonamides is 1. The lowest BCUT2D eigenvalue weighted by Gasteiger charge is -2.14. The first-order chi connectivity index (χ1) is 10.2. The van der Waals surface area contributed by atoms with Gasteiger partial charge in [-0.3, -0.25) is 9.52 Å². The highest BCUT2D eigenvalue weighted by Gasteiger charge is 2.37. The molecular formula is C13H15FN2O5S. The van der Waals surface area contributed by atoms with Crippen LogP contribution in [0.15, 0.2) is 18.2 Å². The Bertz CT molecular complexity index is 715. The van der Waals surface area contributed by atoms with E-state index in [9.17, 15) is 22.4 Å². The van der Waals surface area contributed by atoms with E-state index in [1.807, 2.05) is 4.72 Å². The largest absolute Gasteiger partial charge is 0.480 e. The summed E-state index contributed by atoms with van der Waals surface area (Å²) in [7, 11) is -3.70. The Morgan fingerprint density at radius 3 is 2.50 bits per heavy atom. The van der Waals surface area contributed by atoms with Crippen LogP contribution in [0.1, 0.15) is 23.2 Å². The Balaban J connectivity index is 2.19. The van der Waals surface area contributed by atoms with Crippen LogP contribution in [0.3, 0.4) is 0 Å². The Kier molecular flexibility index (Phi) is 4.36. The van der Waals surface area contributed by atoms with E-state index >= 15 is 0 Å². The summed E-state index contributed by atoms with van der Waals surface area (Å²) >= 11 is 0. The molecule has 1 aliphatic rings. The number of hydrogen-bond acceptors (Lipinski definition) is 4. The molecule has 2 rings (SSSR count). The van der Waals surface area contributed by atoms with Gasteiger partial charge in [0.05, 0.1) is 11.9 Å². The van der Waals surface area contributed by atoms with E-state index in [1.54, 1.807) is 0 Å². The summed E-state index contributed by atoms with van der Waals surface area (Å²) in [4.78, 5) is 23.1. The number of carboxylic acids is 1. The minimum atomic E-state index is -3.70. The van der Waals surface area contributed by atoms with E-state index in [-0.39, 0.29) is 17.2 Å². The van der Waals surface area contributed by atoms with Gasteiger partial charge in [0, 0.05) is 5.56 Å². The summed E-state index contributed by atoms with van der Waals surface area (Å²) in [6.45, 7) is 0. The van der Waals surface area contributed by atoms with Gasteiger partial charge in [0.2, 0.25) is 10.0 Å². The highest BCUT2D eigenvalue weighted by molar-refractivity contribution is 7.92. The highest BCUT2D eigenvalue weighted by Crippen LogP contribution is 2.33. The molecule has 1 atom stereocenters. The van der Waals surface area contributed by atoms with Crippen molar-refractivity contribution in [3.05, 3.63) is 29.6 Å². The molecule has 0 bridgehead atoms. The maximum atomic E-state index is 13.5. The molecule has 1 aromatic rings. The molecule has 0 spiro atoms. The summed E-state index contributed by atoms with van der Waals surface area (Å²) < 4.78 is 37.8. The normalized spacial score (nSPS) is 15.9.